The van der Waals surface area contributed by atoms with E-state index in [1.54, 1.807) is 0 Å². The van der Waals surface area contributed by atoms with E-state index in [2.05, 4.69) is 243 Å². The van der Waals surface area contributed by atoms with Crippen molar-refractivity contribution in [2.45, 2.75) is 37.5 Å². The van der Waals surface area contributed by atoms with Gasteiger partial charge in [-0.15, -0.1) is 0 Å². The fourth-order valence-corrected chi connectivity index (χ4v) is 9.46. The summed E-state index contributed by atoms with van der Waals surface area (Å²) in [6.45, 7) is 4.71. The molecule has 1 nitrogen and oxygen atoms in total. The Labute approximate surface area is 338 Å². The number of hydrogen-bond donors (Lipinski definition) is 0. The first kappa shape index (κ1) is 36.0. The predicted molar refractivity (Wildman–Crippen MR) is 242 cm³/mol. The van der Waals surface area contributed by atoms with E-state index in [-0.39, 0.29) is 5.41 Å². The molecule has 0 radical (unpaired) electrons. The number of hydrogen-bond acceptors (Lipinski definition) is 1. The first-order chi connectivity index (χ1) is 28.2. The van der Waals surface area contributed by atoms with Crippen LogP contribution >= 0.6 is 0 Å². The molecule has 0 amide bonds. The van der Waals surface area contributed by atoms with Crippen LogP contribution in [0.5, 0.6) is 0 Å². The summed E-state index contributed by atoms with van der Waals surface area (Å²) >= 11 is 0. The smallest absolute Gasteiger partial charge is 0.0701 e. The van der Waals surface area contributed by atoms with Gasteiger partial charge in [-0.25, -0.2) is 0 Å². The lowest BCUT2D eigenvalue weighted by Crippen LogP contribution is -2.30. The van der Waals surface area contributed by atoms with Crippen LogP contribution in [-0.4, -0.2) is 0 Å². The zero-order chi connectivity index (χ0) is 38.7. The monoisotopic (exact) mass is 733 g/mol. The number of anilines is 3. The van der Waals surface area contributed by atoms with Crippen LogP contribution in [0.3, 0.4) is 0 Å². The van der Waals surface area contributed by atoms with Crippen molar-refractivity contribution in [2.75, 3.05) is 4.90 Å². The van der Waals surface area contributed by atoms with Crippen LogP contribution < -0.4 is 4.90 Å². The van der Waals surface area contributed by atoms with Crippen LogP contribution in [-0.2, 0) is 10.8 Å². The van der Waals surface area contributed by atoms with Crippen molar-refractivity contribution >= 4 is 29.2 Å². The van der Waals surface area contributed by atoms with Crippen molar-refractivity contribution < 1.29 is 0 Å². The van der Waals surface area contributed by atoms with Crippen molar-refractivity contribution in [2.24, 2.45) is 0 Å². The molecule has 0 atom stereocenters. The molecule has 0 fully saturated rings. The molecule has 0 aromatic heterocycles. The van der Waals surface area contributed by atoms with Crippen LogP contribution in [0.15, 0.2) is 212 Å². The van der Waals surface area contributed by atoms with Crippen molar-refractivity contribution in [3.63, 3.8) is 0 Å². The lowest BCUT2D eigenvalue weighted by atomic mass is 9.65. The Bertz CT molecular complexity index is 2470. The first-order valence-corrected chi connectivity index (χ1v) is 20.3. The van der Waals surface area contributed by atoms with Gasteiger partial charge in [-0.1, -0.05) is 202 Å². The molecule has 1 aliphatic rings. The summed E-state index contributed by atoms with van der Waals surface area (Å²) in [4.78, 5) is 2.38. The SMILES string of the molecule is CCC1(CC)c2cc(/C=C/c3ccc(C(c4ccccc4)(c4ccccc4)c4ccccc4)cc3)ccc2-c2ccc(N(c3ccccc3)c3ccccc3)cc21. The molecule has 1 aliphatic carbocycles. The summed E-state index contributed by atoms with van der Waals surface area (Å²) in [5.41, 5.74) is 15.9. The minimum Gasteiger partial charge on any atom is -0.310 e. The number of para-hydroxylation sites is 2. The van der Waals surface area contributed by atoms with E-state index in [4.69, 9.17) is 0 Å². The molecule has 0 unspecified atom stereocenters. The molecule has 0 saturated heterocycles. The summed E-state index contributed by atoms with van der Waals surface area (Å²) in [6.07, 6.45) is 6.61. The Hall–Kier alpha value is -6.70. The van der Waals surface area contributed by atoms with Gasteiger partial charge in [-0.3, -0.25) is 0 Å². The maximum atomic E-state index is 2.46. The minimum atomic E-state index is -0.455. The number of rotatable bonds is 11. The quantitative estimate of drug-likeness (QED) is 0.0945. The summed E-state index contributed by atoms with van der Waals surface area (Å²) in [5.74, 6) is 0. The van der Waals surface area contributed by atoms with E-state index in [0.29, 0.717) is 0 Å². The molecule has 0 bridgehead atoms. The van der Waals surface area contributed by atoms with Gasteiger partial charge in [-0.05, 0) is 105 Å². The predicted octanol–water partition coefficient (Wildman–Crippen LogP) is 14.8. The van der Waals surface area contributed by atoms with Crippen molar-refractivity contribution in [3.05, 3.63) is 257 Å². The van der Waals surface area contributed by atoms with E-state index in [1.807, 2.05) is 0 Å². The molecular weight excluding hydrogens is 687 g/mol. The fourth-order valence-electron chi connectivity index (χ4n) is 9.46. The fraction of sp³-hybridized carbons (Fsp3) is 0.107. The molecule has 9 rings (SSSR count). The van der Waals surface area contributed by atoms with E-state index >= 15 is 0 Å². The molecule has 8 aromatic carbocycles. The largest absolute Gasteiger partial charge is 0.310 e. The summed E-state index contributed by atoms with van der Waals surface area (Å²) < 4.78 is 0. The Balaban J connectivity index is 1.07. The zero-order valence-electron chi connectivity index (χ0n) is 32.7. The third kappa shape index (κ3) is 6.30. The Morgan fingerprint density at radius 3 is 1.25 bits per heavy atom. The van der Waals surface area contributed by atoms with Crippen molar-refractivity contribution in [1.29, 1.82) is 0 Å². The Morgan fingerprint density at radius 2 is 0.772 bits per heavy atom. The molecular formula is C56H47N. The third-order valence-corrected chi connectivity index (χ3v) is 12.3. The standard InChI is InChI=1S/C56H47N/c1-3-55(4-2)53-40-43(34-38-51(53)52-39-37-50(41-54(52)55)57(48-26-16-8-17-27-48)49-28-18-9-19-29-49)31-30-42-32-35-47(36-33-42)56(44-20-10-5-11-21-44,45-22-12-6-13-23-45)46-24-14-7-15-25-46/h5-41H,3-4H2,1-2H3/b31-30+. The first-order valence-electron chi connectivity index (χ1n) is 20.3. The molecule has 0 heterocycles. The maximum Gasteiger partial charge on any atom is 0.0701 e. The van der Waals surface area contributed by atoms with Gasteiger partial charge in [0.05, 0.1) is 5.41 Å². The minimum absolute atomic E-state index is 0.0686. The van der Waals surface area contributed by atoms with E-state index in [9.17, 15) is 0 Å². The van der Waals surface area contributed by atoms with E-state index < -0.39 is 5.41 Å². The normalized spacial score (nSPS) is 12.9. The summed E-state index contributed by atoms with van der Waals surface area (Å²) in [5, 5.41) is 0. The second-order valence-electron chi connectivity index (χ2n) is 15.1. The second kappa shape index (κ2) is 15.4. The average molecular weight is 734 g/mol. The van der Waals surface area contributed by atoms with Gasteiger partial charge in [0, 0.05) is 22.5 Å². The summed E-state index contributed by atoms with van der Waals surface area (Å²) in [7, 11) is 0. The topological polar surface area (TPSA) is 3.24 Å². The maximum absolute atomic E-state index is 2.46. The molecule has 8 aromatic rings. The van der Waals surface area contributed by atoms with Gasteiger partial charge in [0.1, 0.15) is 0 Å². The molecule has 276 valence electrons. The van der Waals surface area contributed by atoms with Crippen LogP contribution in [0.2, 0.25) is 0 Å². The lowest BCUT2D eigenvalue weighted by molar-refractivity contribution is 0.490. The molecule has 0 spiro atoms. The van der Waals surface area contributed by atoms with Crippen LogP contribution in [0, 0.1) is 0 Å². The molecule has 0 saturated carbocycles. The number of benzene rings is 8. The third-order valence-electron chi connectivity index (χ3n) is 12.3. The number of fused-ring (bicyclic) bond motifs is 3. The van der Waals surface area contributed by atoms with Crippen LogP contribution in [0.1, 0.15) is 71.2 Å². The second-order valence-corrected chi connectivity index (χ2v) is 15.1. The van der Waals surface area contributed by atoms with E-state index in [0.717, 1.165) is 24.2 Å². The van der Waals surface area contributed by atoms with Gasteiger partial charge in [0.15, 0.2) is 0 Å². The van der Waals surface area contributed by atoms with Crippen LogP contribution in [0.25, 0.3) is 23.3 Å². The van der Waals surface area contributed by atoms with Crippen LogP contribution in [0.4, 0.5) is 17.1 Å². The van der Waals surface area contributed by atoms with Gasteiger partial charge >= 0.3 is 0 Å². The number of nitrogens with zero attached hydrogens (tertiary/aromatic N) is 1. The van der Waals surface area contributed by atoms with Gasteiger partial charge in [0.2, 0.25) is 0 Å². The highest BCUT2D eigenvalue weighted by Gasteiger charge is 2.41. The summed E-state index contributed by atoms with van der Waals surface area (Å²) in [6, 6.07) is 77.6. The highest BCUT2D eigenvalue weighted by Crippen LogP contribution is 2.54. The molecule has 0 N–H and O–H groups in total. The molecule has 1 heteroatoms. The highest BCUT2D eigenvalue weighted by atomic mass is 15.1. The van der Waals surface area contributed by atoms with Gasteiger partial charge in [0.25, 0.3) is 0 Å². The molecule has 0 aliphatic heterocycles. The highest BCUT2D eigenvalue weighted by molar-refractivity contribution is 5.87. The zero-order valence-corrected chi connectivity index (χ0v) is 32.7. The van der Waals surface area contributed by atoms with Gasteiger partial charge < -0.3 is 4.90 Å². The molecule has 57 heavy (non-hydrogen) atoms. The Morgan fingerprint density at radius 1 is 0.386 bits per heavy atom. The van der Waals surface area contributed by atoms with Crippen molar-refractivity contribution in [3.8, 4) is 11.1 Å². The lowest BCUT2D eigenvalue weighted by Gasteiger charge is -2.37. The Kier molecular flexibility index (Phi) is 9.74. The average Bonchev–Trinajstić information content (AvgIpc) is 3.57. The van der Waals surface area contributed by atoms with E-state index in [1.165, 1.54) is 61.3 Å². The van der Waals surface area contributed by atoms with Gasteiger partial charge in [-0.2, -0.15) is 0 Å². The van der Waals surface area contributed by atoms with Crippen molar-refractivity contribution in [1.82, 2.24) is 0 Å².